The van der Waals surface area contributed by atoms with Gasteiger partial charge in [-0.15, -0.1) is 0 Å². The number of aromatic nitrogens is 3. The summed E-state index contributed by atoms with van der Waals surface area (Å²) >= 11 is 7.62. The van der Waals surface area contributed by atoms with Crippen molar-refractivity contribution >= 4 is 33.5 Å². The maximum absolute atomic E-state index is 10.5. The summed E-state index contributed by atoms with van der Waals surface area (Å²) in [7, 11) is -4.02. The summed E-state index contributed by atoms with van der Waals surface area (Å²) in [5, 5.41) is 1.20. The molecule has 0 aliphatic carbocycles. The average molecular weight is 502 g/mol. The van der Waals surface area contributed by atoms with Crippen molar-refractivity contribution in [2.75, 3.05) is 0 Å². The molecule has 0 unspecified atom stereocenters. The van der Waals surface area contributed by atoms with E-state index in [1.54, 1.807) is 30.7 Å². The van der Waals surface area contributed by atoms with Crippen LogP contribution in [0.1, 0.15) is 11.3 Å². The molecular weight excluding hydrogens is 482 g/mol. The fraction of sp³-hybridized carbons (Fsp3) is 0.0870. The molecular formula is C23H20ClN3O4S2. The van der Waals surface area contributed by atoms with Gasteiger partial charge >= 0.3 is 0 Å². The minimum absolute atomic E-state index is 0.0666. The Labute approximate surface area is 201 Å². The lowest BCUT2D eigenvalue weighted by Crippen LogP contribution is -1.96. The Morgan fingerprint density at radius 2 is 1.64 bits per heavy atom. The van der Waals surface area contributed by atoms with Crippen LogP contribution < -0.4 is 4.74 Å². The molecule has 0 radical (unpaired) electrons. The van der Waals surface area contributed by atoms with Gasteiger partial charge in [0, 0.05) is 23.5 Å². The average Bonchev–Trinajstić information content (AvgIpc) is 2.78. The Morgan fingerprint density at radius 3 is 2.27 bits per heavy atom. The van der Waals surface area contributed by atoms with Crippen LogP contribution in [-0.4, -0.2) is 27.9 Å². The molecule has 0 saturated carbocycles. The summed E-state index contributed by atoms with van der Waals surface area (Å²) < 4.78 is 35.4. The molecule has 0 fully saturated rings. The lowest BCUT2D eigenvalue weighted by molar-refractivity contribution is 0.472. The Morgan fingerprint density at radius 1 is 0.909 bits per heavy atom. The summed E-state index contributed by atoms with van der Waals surface area (Å²) in [4.78, 5) is 13.5. The fourth-order valence-corrected chi connectivity index (χ4v) is 3.87. The highest BCUT2D eigenvalue weighted by Gasteiger charge is 2.10. The number of halogens is 1. The third-order valence-electron chi connectivity index (χ3n) is 4.14. The van der Waals surface area contributed by atoms with Crippen LogP contribution in [-0.2, 0) is 10.1 Å². The van der Waals surface area contributed by atoms with Crippen molar-refractivity contribution in [2.45, 2.75) is 28.7 Å². The number of rotatable bonds is 5. The molecule has 170 valence electrons. The normalized spacial score (nSPS) is 10.8. The van der Waals surface area contributed by atoms with Crippen LogP contribution in [0.4, 0.5) is 0 Å². The minimum atomic E-state index is -4.02. The molecule has 4 rings (SSSR count). The number of pyridine rings is 3. The Balaban J connectivity index is 0.000000235. The zero-order chi connectivity index (χ0) is 23.8. The number of nitrogens with zero attached hydrogens (tertiary/aromatic N) is 3. The van der Waals surface area contributed by atoms with Crippen LogP contribution >= 0.6 is 23.4 Å². The quantitative estimate of drug-likeness (QED) is 0.261. The number of hydrogen-bond donors (Lipinski definition) is 1. The summed E-state index contributed by atoms with van der Waals surface area (Å²) in [6.07, 6.45) is 5.17. The molecule has 7 nitrogen and oxygen atoms in total. The van der Waals surface area contributed by atoms with E-state index in [4.69, 9.17) is 20.9 Å². The number of ether oxygens (including phenoxy) is 1. The third kappa shape index (κ3) is 7.54. The fourth-order valence-electron chi connectivity index (χ4n) is 2.47. The number of hydrogen-bond acceptors (Lipinski definition) is 7. The summed E-state index contributed by atoms with van der Waals surface area (Å²) in [5.41, 5.74) is 1.75. The summed E-state index contributed by atoms with van der Waals surface area (Å²) in [6, 6.07) is 17.3. The second kappa shape index (κ2) is 11.2. The largest absolute Gasteiger partial charge is 0.452 e. The van der Waals surface area contributed by atoms with Crippen LogP contribution in [0.2, 0.25) is 5.15 Å². The molecule has 33 heavy (non-hydrogen) atoms. The van der Waals surface area contributed by atoms with Crippen molar-refractivity contribution in [3.8, 4) is 11.5 Å². The number of aryl methyl sites for hydroxylation is 2. The van der Waals surface area contributed by atoms with Crippen LogP contribution in [0.3, 0.4) is 0 Å². The molecule has 0 aliphatic heterocycles. The van der Waals surface area contributed by atoms with Gasteiger partial charge in [-0.2, -0.15) is 8.42 Å². The van der Waals surface area contributed by atoms with E-state index in [1.807, 2.05) is 50.2 Å². The van der Waals surface area contributed by atoms with E-state index in [2.05, 4.69) is 15.0 Å². The molecule has 1 N–H and O–H groups in total. The van der Waals surface area contributed by atoms with E-state index in [9.17, 15) is 8.42 Å². The standard InChI is InChI=1S/C16H12ClN3OS.C7H8O3S/c1-11-13(5-4-8-18-11)21-14-9-12(10-20-16(14)17)22-15-6-2-3-7-19-15;1-6-2-4-7(5-3-6)11(8,9)10/h2-10H,1H3;2-5H,1H3,(H,8,9,10). The third-order valence-corrected chi connectivity index (χ3v) is 6.20. The molecule has 10 heteroatoms. The van der Waals surface area contributed by atoms with Gasteiger partial charge in [-0.05, 0) is 56.3 Å². The molecule has 0 bridgehead atoms. The maximum atomic E-state index is 10.5. The first-order chi connectivity index (χ1) is 15.7. The second-order valence-corrected chi connectivity index (χ2v) is 9.58. The highest BCUT2D eigenvalue weighted by molar-refractivity contribution is 7.99. The molecule has 4 aromatic rings. The SMILES string of the molecule is Cc1ccc(S(=O)(=O)O)cc1.Cc1ncccc1Oc1cc(Sc2ccccn2)cnc1Cl. The topological polar surface area (TPSA) is 102 Å². The number of benzene rings is 1. The van der Waals surface area contributed by atoms with E-state index < -0.39 is 10.1 Å². The van der Waals surface area contributed by atoms with E-state index in [0.29, 0.717) is 16.7 Å². The van der Waals surface area contributed by atoms with E-state index >= 15 is 0 Å². The van der Waals surface area contributed by atoms with Crippen molar-refractivity contribution in [3.05, 3.63) is 95.7 Å². The first-order valence-corrected chi connectivity index (χ1v) is 12.2. The zero-order valence-electron chi connectivity index (χ0n) is 17.7. The lowest BCUT2D eigenvalue weighted by Gasteiger charge is -2.10. The van der Waals surface area contributed by atoms with Crippen LogP contribution in [0.15, 0.2) is 94.1 Å². The maximum Gasteiger partial charge on any atom is 0.294 e. The molecule has 3 aromatic heterocycles. The molecule has 0 aliphatic rings. The molecule has 0 atom stereocenters. The second-order valence-electron chi connectivity index (χ2n) is 6.71. The van der Waals surface area contributed by atoms with Gasteiger partial charge in [-0.25, -0.2) is 9.97 Å². The smallest absolute Gasteiger partial charge is 0.294 e. The monoisotopic (exact) mass is 501 g/mol. The summed E-state index contributed by atoms with van der Waals surface area (Å²) in [6.45, 7) is 3.72. The molecule has 0 amide bonds. The van der Waals surface area contributed by atoms with Crippen LogP contribution in [0.25, 0.3) is 0 Å². The lowest BCUT2D eigenvalue weighted by atomic mass is 10.2. The highest BCUT2D eigenvalue weighted by Crippen LogP contribution is 2.34. The van der Waals surface area contributed by atoms with Crippen molar-refractivity contribution in [2.24, 2.45) is 0 Å². The van der Waals surface area contributed by atoms with E-state index in [1.165, 1.54) is 23.9 Å². The van der Waals surface area contributed by atoms with Gasteiger partial charge in [0.15, 0.2) is 10.9 Å². The van der Waals surface area contributed by atoms with Crippen LogP contribution in [0, 0.1) is 13.8 Å². The van der Waals surface area contributed by atoms with Crippen molar-refractivity contribution in [1.29, 1.82) is 0 Å². The van der Waals surface area contributed by atoms with Gasteiger partial charge in [0.05, 0.1) is 10.6 Å². The predicted octanol–water partition coefficient (Wildman–Crippen LogP) is 6.02. The van der Waals surface area contributed by atoms with Crippen molar-refractivity contribution < 1.29 is 17.7 Å². The van der Waals surface area contributed by atoms with Crippen LogP contribution in [0.5, 0.6) is 11.5 Å². The molecule has 0 saturated heterocycles. The van der Waals surface area contributed by atoms with Gasteiger partial charge in [-0.1, -0.05) is 47.1 Å². The molecule has 3 heterocycles. The minimum Gasteiger partial charge on any atom is -0.452 e. The Bertz CT molecular complexity index is 1320. The molecule has 1 aromatic carbocycles. The van der Waals surface area contributed by atoms with Gasteiger partial charge in [0.25, 0.3) is 10.1 Å². The van der Waals surface area contributed by atoms with Gasteiger partial charge in [0.1, 0.15) is 10.8 Å². The van der Waals surface area contributed by atoms with Crippen molar-refractivity contribution in [1.82, 2.24) is 15.0 Å². The molecule has 0 spiro atoms. The van der Waals surface area contributed by atoms with Gasteiger partial charge < -0.3 is 4.74 Å². The first-order valence-electron chi connectivity index (χ1n) is 9.60. The van der Waals surface area contributed by atoms with E-state index in [-0.39, 0.29) is 4.90 Å². The highest BCUT2D eigenvalue weighted by atomic mass is 35.5. The predicted molar refractivity (Wildman–Crippen MR) is 128 cm³/mol. The Hall–Kier alpha value is -2.98. The first kappa shape index (κ1) is 24.7. The van der Waals surface area contributed by atoms with Gasteiger partial charge in [-0.3, -0.25) is 9.54 Å². The van der Waals surface area contributed by atoms with Gasteiger partial charge in [0.2, 0.25) is 0 Å². The van der Waals surface area contributed by atoms with Crippen molar-refractivity contribution in [3.63, 3.8) is 0 Å². The summed E-state index contributed by atoms with van der Waals surface area (Å²) in [5.74, 6) is 1.16. The van der Waals surface area contributed by atoms with E-state index in [0.717, 1.165) is 21.2 Å². The Kier molecular flexibility index (Phi) is 8.40. The zero-order valence-corrected chi connectivity index (χ0v) is 20.1.